The van der Waals surface area contributed by atoms with E-state index in [9.17, 15) is 0 Å². The summed E-state index contributed by atoms with van der Waals surface area (Å²) in [7, 11) is 0. The molecular formula is C36H37N3. The number of likely N-dealkylation sites (tertiary alicyclic amines) is 1. The summed E-state index contributed by atoms with van der Waals surface area (Å²) in [4.78, 5) is 7.31. The number of pyridine rings is 1. The molecule has 5 aromatic rings. The molecule has 2 atom stereocenters. The molecule has 1 fully saturated rings. The Hall–Kier alpha value is -3.79. The van der Waals surface area contributed by atoms with Crippen molar-refractivity contribution in [2.24, 2.45) is 0 Å². The van der Waals surface area contributed by atoms with E-state index in [1.54, 1.807) is 0 Å². The molecule has 4 aromatic carbocycles. The van der Waals surface area contributed by atoms with E-state index in [1.807, 2.05) is 6.20 Å². The van der Waals surface area contributed by atoms with Gasteiger partial charge < -0.3 is 5.32 Å². The molecule has 1 aliphatic heterocycles. The first-order chi connectivity index (χ1) is 19.3. The third-order valence-electron chi connectivity index (χ3n) is 8.29. The summed E-state index contributed by atoms with van der Waals surface area (Å²) in [6.07, 6.45) is 5.32. The summed E-state index contributed by atoms with van der Waals surface area (Å²) in [6.45, 7) is 3.01. The molecule has 0 radical (unpaired) electrons. The normalized spacial score (nSPS) is 18.0. The Bertz CT molecular complexity index is 1410. The molecule has 196 valence electrons. The fraction of sp³-hybridized carbons (Fsp3) is 0.250. The number of piperidine rings is 1. The highest BCUT2D eigenvalue weighted by Gasteiger charge is 2.31. The van der Waals surface area contributed by atoms with Crippen LogP contribution < -0.4 is 5.32 Å². The number of nitrogens with one attached hydrogen (secondary N) is 1. The number of benzene rings is 4. The summed E-state index contributed by atoms with van der Waals surface area (Å²) in [6, 6.07) is 44.7. The van der Waals surface area contributed by atoms with E-state index >= 15 is 0 Å². The number of hydrogen-bond donors (Lipinski definition) is 1. The van der Waals surface area contributed by atoms with Gasteiger partial charge in [0.25, 0.3) is 0 Å². The molecule has 1 saturated heterocycles. The van der Waals surface area contributed by atoms with E-state index in [0.717, 1.165) is 44.4 Å². The van der Waals surface area contributed by atoms with Crippen molar-refractivity contribution in [3.8, 4) is 0 Å². The van der Waals surface area contributed by atoms with Crippen LogP contribution in [0.2, 0.25) is 0 Å². The molecule has 3 nitrogen and oxygen atoms in total. The lowest BCUT2D eigenvalue weighted by Crippen LogP contribution is -2.50. The van der Waals surface area contributed by atoms with Crippen LogP contribution in [0.15, 0.2) is 128 Å². The number of para-hydroxylation sites is 1. The van der Waals surface area contributed by atoms with E-state index in [0.29, 0.717) is 18.0 Å². The number of aromatic nitrogens is 1. The van der Waals surface area contributed by atoms with E-state index in [2.05, 4.69) is 137 Å². The molecule has 6 rings (SSSR count). The van der Waals surface area contributed by atoms with Gasteiger partial charge in [0, 0.05) is 42.7 Å². The molecule has 3 heteroatoms. The fourth-order valence-electron chi connectivity index (χ4n) is 6.20. The average Bonchev–Trinajstić information content (AvgIpc) is 3.01. The van der Waals surface area contributed by atoms with Gasteiger partial charge >= 0.3 is 0 Å². The van der Waals surface area contributed by atoms with Crippen LogP contribution in [0.1, 0.15) is 41.0 Å². The van der Waals surface area contributed by atoms with Gasteiger partial charge in [-0.1, -0.05) is 109 Å². The average molecular weight is 512 g/mol. The maximum absolute atomic E-state index is 4.55. The molecular weight excluding hydrogens is 474 g/mol. The Morgan fingerprint density at radius 2 is 1.38 bits per heavy atom. The van der Waals surface area contributed by atoms with Gasteiger partial charge in [-0.25, -0.2) is 0 Å². The number of nitrogens with zero attached hydrogens (tertiary/aromatic N) is 2. The smallest absolute Gasteiger partial charge is 0.0705 e. The van der Waals surface area contributed by atoms with Crippen molar-refractivity contribution in [3.63, 3.8) is 0 Å². The van der Waals surface area contributed by atoms with Crippen LogP contribution in [0, 0.1) is 0 Å². The van der Waals surface area contributed by atoms with Crippen LogP contribution in [0.3, 0.4) is 0 Å². The zero-order valence-electron chi connectivity index (χ0n) is 22.5. The topological polar surface area (TPSA) is 28.2 Å². The summed E-state index contributed by atoms with van der Waals surface area (Å²) in [5.74, 6) is 0.360. The molecule has 2 unspecified atom stereocenters. The van der Waals surface area contributed by atoms with E-state index in [-0.39, 0.29) is 0 Å². The third kappa shape index (κ3) is 6.27. The maximum atomic E-state index is 4.55. The SMILES string of the molecule is c1ccc(CC2CC(NCc3ccnc4ccccc34)CCN2CC(c2ccccc2)c2ccccc2)cc1. The monoisotopic (exact) mass is 511 g/mol. The van der Waals surface area contributed by atoms with Crippen molar-refractivity contribution < 1.29 is 0 Å². The van der Waals surface area contributed by atoms with Gasteiger partial charge in [-0.2, -0.15) is 0 Å². The van der Waals surface area contributed by atoms with Crippen molar-refractivity contribution in [2.45, 2.75) is 43.8 Å². The fourth-order valence-corrected chi connectivity index (χ4v) is 6.20. The molecule has 0 spiro atoms. The minimum absolute atomic E-state index is 0.360. The second-order valence-electron chi connectivity index (χ2n) is 10.8. The molecule has 0 amide bonds. The highest BCUT2D eigenvalue weighted by Crippen LogP contribution is 2.30. The van der Waals surface area contributed by atoms with Crippen LogP contribution in [-0.2, 0) is 13.0 Å². The summed E-state index contributed by atoms with van der Waals surface area (Å²) >= 11 is 0. The number of rotatable bonds is 9. The third-order valence-corrected chi connectivity index (χ3v) is 8.29. The highest BCUT2D eigenvalue weighted by molar-refractivity contribution is 5.81. The lowest BCUT2D eigenvalue weighted by atomic mass is 9.87. The Morgan fingerprint density at radius 3 is 2.10 bits per heavy atom. The first kappa shape index (κ1) is 25.5. The van der Waals surface area contributed by atoms with Crippen LogP contribution in [0.5, 0.6) is 0 Å². The van der Waals surface area contributed by atoms with Gasteiger partial charge in [0.2, 0.25) is 0 Å². The minimum Gasteiger partial charge on any atom is -0.310 e. The van der Waals surface area contributed by atoms with E-state index in [4.69, 9.17) is 0 Å². The largest absolute Gasteiger partial charge is 0.310 e. The van der Waals surface area contributed by atoms with E-state index in [1.165, 1.54) is 27.6 Å². The van der Waals surface area contributed by atoms with Crippen molar-refractivity contribution in [1.29, 1.82) is 0 Å². The highest BCUT2D eigenvalue weighted by atomic mass is 15.2. The Balaban J connectivity index is 1.21. The lowest BCUT2D eigenvalue weighted by Gasteiger charge is -2.42. The van der Waals surface area contributed by atoms with Gasteiger partial charge in [-0.15, -0.1) is 0 Å². The van der Waals surface area contributed by atoms with Crippen molar-refractivity contribution in [1.82, 2.24) is 15.2 Å². The van der Waals surface area contributed by atoms with Crippen LogP contribution >= 0.6 is 0 Å². The number of fused-ring (bicyclic) bond motifs is 1. The lowest BCUT2D eigenvalue weighted by molar-refractivity contribution is 0.119. The molecule has 0 saturated carbocycles. The Labute approximate surface area is 232 Å². The van der Waals surface area contributed by atoms with Crippen molar-refractivity contribution in [2.75, 3.05) is 13.1 Å². The van der Waals surface area contributed by atoms with Crippen LogP contribution in [0.25, 0.3) is 10.9 Å². The quantitative estimate of drug-likeness (QED) is 0.226. The second-order valence-corrected chi connectivity index (χ2v) is 10.8. The van der Waals surface area contributed by atoms with Crippen molar-refractivity contribution >= 4 is 10.9 Å². The predicted octanol–water partition coefficient (Wildman–Crippen LogP) is 7.23. The molecule has 0 aliphatic carbocycles. The molecule has 1 aliphatic rings. The van der Waals surface area contributed by atoms with Crippen LogP contribution in [0.4, 0.5) is 0 Å². The predicted molar refractivity (Wildman–Crippen MR) is 162 cm³/mol. The van der Waals surface area contributed by atoms with Crippen LogP contribution in [-0.4, -0.2) is 35.1 Å². The zero-order valence-corrected chi connectivity index (χ0v) is 22.5. The maximum Gasteiger partial charge on any atom is 0.0705 e. The first-order valence-corrected chi connectivity index (χ1v) is 14.3. The molecule has 39 heavy (non-hydrogen) atoms. The Morgan fingerprint density at radius 1 is 0.744 bits per heavy atom. The Kier molecular flexibility index (Phi) is 8.09. The summed E-state index contributed by atoms with van der Waals surface area (Å²) in [5.41, 5.74) is 6.61. The summed E-state index contributed by atoms with van der Waals surface area (Å²) in [5, 5.41) is 5.18. The first-order valence-electron chi connectivity index (χ1n) is 14.3. The molecule has 0 bridgehead atoms. The zero-order chi connectivity index (χ0) is 26.3. The molecule has 1 aromatic heterocycles. The summed E-state index contributed by atoms with van der Waals surface area (Å²) < 4.78 is 0. The minimum atomic E-state index is 0.360. The second kappa shape index (κ2) is 12.4. The van der Waals surface area contributed by atoms with E-state index < -0.39 is 0 Å². The van der Waals surface area contributed by atoms with Gasteiger partial charge in [0.15, 0.2) is 0 Å². The number of hydrogen-bond acceptors (Lipinski definition) is 3. The van der Waals surface area contributed by atoms with Gasteiger partial charge in [0.05, 0.1) is 5.52 Å². The van der Waals surface area contributed by atoms with Crippen molar-refractivity contribution in [3.05, 3.63) is 150 Å². The van der Waals surface area contributed by atoms with Gasteiger partial charge in [-0.3, -0.25) is 9.88 Å². The standard InChI is InChI=1S/C36H37N3/c1-4-12-28(13-5-1)24-33-25-32(38-26-31-20-22-37-36-19-11-10-18-34(31)36)21-23-39(33)27-35(29-14-6-2-7-15-29)30-16-8-3-9-17-30/h1-20,22,32-33,35,38H,21,23-27H2. The molecule has 2 heterocycles. The molecule has 1 N–H and O–H groups in total. The van der Waals surface area contributed by atoms with Gasteiger partial charge in [0.1, 0.15) is 0 Å². The van der Waals surface area contributed by atoms with Gasteiger partial charge in [-0.05, 0) is 60.2 Å².